The Morgan fingerprint density at radius 1 is 1.24 bits per heavy atom. The van der Waals surface area contributed by atoms with Gasteiger partial charge in [0.2, 0.25) is 5.91 Å². The van der Waals surface area contributed by atoms with E-state index in [0.29, 0.717) is 0 Å². The summed E-state index contributed by atoms with van der Waals surface area (Å²) in [6, 6.07) is 9.55. The van der Waals surface area contributed by atoms with Gasteiger partial charge in [0.15, 0.2) is 0 Å². The van der Waals surface area contributed by atoms with Crippen LogP contribution in [0.3, 0.4) is 0 Å². The Kier molecular flexibility index (Phi) is 6.49. The zero-order chi connectivity index (χ0) is 15.1. The molecule has 0 N–H and O–H groups in total. The van der Waals surface area contributed by atoms with Crippen LogP contribution in [0, 0.1) is 0 Å². The third-order valence-corrected chi connectivity index (χ3v) is 4.26. The van der Waals surface area contributed by atoms with E-state index in [9.17, 15) is 4.79 Å². The number of benzene rings is 1. The summed E-state index contributed by atoms with van der Waals surface area (Å²) in [6.45, 7) is 5.05. The minimum Gasteiger partial charge on any atom is -0.383 e. The zero-order valence-corrected chi connectivity index (χ0v) is 13.3. The molecular weight excluding hydrogens is 288 g/mol. The van der Waals surface area contributed by atoms with Crippen LogP contribution in [0.1, 0.15) is 17.4 Å². The van der Waals surface area contributed by atoms with Gasteiger partial charge in [-0.1, -0.05) is 30.3 Å². The highest BCUT2D eigenvalue weighted by Gasteiger charge is 2.25. The van der Waals surface area contributed by atoms with Crippen LogP contribution in [0.2, 0.25) is 0 Å². The van der Waals surface area contributed by atoms with Gasteiger partial charge in [-0.2, -0.15) is 0 Å². The fourth-order valence-electron chi connectivity index (χ4n) is 2.56. The smallest absolute Gasteiger partial charge is 0.245 e. The van der Waals surface area contributed by atoms with E-state index in [1.54, 1.807) is 7.11 Å². The molecule has 1 aliphatic heterocycles. The predicted molar refractivity (Wildman–Crippen MR) is 84.5 cm³/mol. The summed E-state index contributed by atoms with van der Waals surface area (Å²) in [4.78, 5) is 16.7. The third-order valence-electron chi connectivity index (χ3n) is 3.82. The van der Waals surface area contributed by atoms with Crippen LogP contribution in [-0.4, -0.2) is 62.1 Å². The highest BCUT2D eigenvalue weighted by Crippen LogP contribution is 2.23. The van der Waals surface area contributed by atoms with Crippen molar-refractivity contribution in [1.82, 2.24) is 9.80 Å². The van der Waals surface area contributed by atoms with Crippen molar-refractivity contribution in [3.8, 4) is 0 Å². The topological polar surface area (TPSA) is 32.8 Å². The molecule has 0 saturated carbocycles. The van der Waals surface area contributed by atoms with Gasteiger partial charge in [0, 0.05) is 33.3 Å². The lowest BCUT2D eigenvalue weighted by atomic mass is 10.1. The molecule has 0 radical (unpaired) electrons. The molecule has 0 bridgehead atoms. The SMILES string of the molecule is COCCN1CCCN(C(=O)C(Cl)c2ccccc2)CC1. The first-order chi connectivity index (χ1) is 10.2. The van der Waals surface area contributed by atoms with Crippen molar-refractivity contribution >= 4 is 17.5 Å². The maximum atomic E-state index is 12.5. The van der Waals surface area contributed by atoms with Gasteiger partial charge in [-0.05, 0) is 18.5 Å². The number of ether oxygens (including phenoxy) is 1. The molecule has 116 valence electrons. The average Bonchev–Trinajstić information content (AvgIpc) is 2.78. The summed E-state index contributed by atoms with van der Waals surface area (Å²) in [7, 11) is 1.71. The van der Waals surface area contributed by atoms with Gasteiger partial charge < -0.3 is 9.64 Å². The Bertz CT molecular complexity index is 441. The Hall–Kier alpha value is -1.10. The minimum absolute atomic E-state index is 0.0106. The average molecular weight is 311 g/mol. The molecule has 2 rings (SSSR count). The molecule has 1 aromatic rings. The predicted octanol–water partition coefficient (Wildman–Crippen LogP) is 2.15. The van der Waals surface area contributed by atoms with Crippen molar-refractivity contribution in [2.75, 3.05) is 46.4 Å². The molecule has 1 saturated heterocycles. The maximum absolute atomic E-state index is 12.5. The van der Waals surface area contributed by atoms with Crippen LogP contribution in [0.15, 0.2) is 30.3 Å². The molecule has 0 spiro atoms. The Morgan fingerprint density at radius 2 is 2.00 bits per heavy atom. The van der Waals surface area contributed by atoms with Crippen molar-refractivity contribution in [3.63, 3.8) is 0 Å². The second-order valence-electron chi connectivity index (χ2n) is 5.29. The van der Waals surface area contributed by atoms with Crippen LogP contribution in [-0.2, 0) is 9.53 Å². The highest BCUT2D eigenvalue weighted by atomic mass is 35.5. The second-order valence-corrected chi connectivity index (χ2v) is 5.72. The number of rotatable bonds is 5. The number of halogens is 1. The van der Waals surface area contributed by atoms with E-state index in [4.69, 9.17) is 16.3 Å². The van der Waals surface area contributed by atoms with E-state index in [2.05, 4.69) is 4.90 Å². The van der Waals surface area contributed by atoms with Crippen molar-refractivity contribution in [3.05, 3.63) is 35.9 Å². The molecule has 1 amide bonds. The van der Waals surface area contributed by atoms with Crippen LogP contribution in [0.4, 0.5) is 0 Å². The van der Waals surface area contributed by atoms with Crippen molar-refractivity contribution in [1.29, 1.82) is 0 Å². The number of alkyl halides is 1. The van der Waals surface area contributed by atoms with E-state index in [1.807, 2.05) is 35.2 Å². The molecular formula is C16H23ClN2O2. The molecule has 1 heterocycles. The van der Waals surface area contributed by atoms with Crippen molar-refractivity contribution in [2.45, 2.75) is 11.8 Å². The van der Waals surface area contributed by atoms with E-state index < -0.39 is 5.38 Å². The number of hydrogen-bond acceptors (Lipinski definition) is 3. The second kappa shape index (κ2) is 8.37. The number of hydrogen-bond donors (Lipinski definition) is 0. The van der Waals surface area contributed by atoms with E-state index in [1.165, 1.54) is 0 Å². The molecule has 1 atom stereocenters. The minimum atomic E-state index is -0.586. The Morgan fingerprint density at radius 3 is 2.71 bits per heavy atom. The summed E-state index contributed by atoms with van der Waals surface area (Å²) in [6.07, 6.45) is 0.980. The van der Waals surface area contributed by atoms with E-state index in [-0.39, 0.29) is 5.91 Å². The van der Waals surface area contributed by atoms with Crippen LogP contribution in [0.5, 0.6) is 0 Å². The quantitative estimate of drug-likeness (QED) is 0.781. The molecule has 0 aliphatic carbocycles. The molecule has 1 aliphatic rings. The molecule has 4 nitrogen and oxygen atoms in total. The van der Waals surface area contributed by atoms with Gasteiger partial charge in [0.1, 0.15) is 5.38 Å². The molecule has 1 unspecified atom stereocenters. The van der Waals surface area contributed by atoms with Crippen LogP contribution in [0.25, 0.3) is 0 Å². The number of carbonyl (C=O) groups excluding carboxylic acids is 1. The fourth-order valence-corrected chi connectivity index (χ4v) is 2.84. The summed E-state index contributed by atoms with van der Waals surface area (Å²) in [5, 5.41) is -0.586. The summed E-state index contributed by atoms with van der Waals surface area (Å²) in [5.41, 5.74) is 0.865. The number of nitrogens with zero attached hydrogens (tertiary/aromatic N) is 2. The Labute approximate surface area is 131 Å². The molecule has 1 fully saturated rings. The highest BCUT2D eigenvalue weighted by molar-refractivity contribution is 6.30. The number of carbonyl (C=O) groups is 1. The summed E-state index contributed by atoms with van der Waals surface area (Å²) >= 11 is 6.34. The Balaban J connectivity index is 1.91. The molecule has 5 heteroatoms. The van der Waals surface area contributed by atoms with Gasteiger partial charge >= 0.3 is 0 Å². The zero-order valence-electron chi connectivity index (χ0n) is 12.5. The first-order valence-corrected chi connectivity index (χ1v) is 7.85. The number of amides is 1. The van der Waals surface area contributed by atoms with E-state index in [0.717, 1.165) is 51.3 Å². The lowest BCUT2D eigenvalue weighted by molar-refractivity contribution is -0.130. The van der Waals surface area contributed by atoms with E-state index >= 15 is 0 Å². The van der Waals surface area contributed by atoms with Gasteiger partial charge in [0.05, 0.1) is 6.61 Å². The van der Waals surface area contributed by atoms with Crippen LogP contribution >= 0.6 is 11.6 Å². The van der Waals surface area contributed by atoms with Gasteiger partial charge in [-0.25, -0.2) is 0 Å². The first-order valence-electron chi connectivity index (χ1n) is 7.41. The lowest BCUT2D eigenvalue weighted by Crippen LogP contribution is -2.37. The summed E-state index contributed by atoms with van der Waals surface area (Å²) < 4.78 is 5.11. The fraction of sp³-hybridized carbons (Fsp3) is 0.562. The van der Waals surface area contributed by atoms with Crippen LogP contribution < -0.4 is 0 Å². The molecule has 1 aromatic carbocycles. The first kappa shape index (κ1) is 16.3. The van der Waals surface area contributed by atoms with Gasteiger partial charge in [0.25, 0.3) is 0 Å². The largest absolute Gasteiger partial charge is 0.383 e. The summed E-state index contributed by atoms with van der Waals surface area (Å²) in [5.74, 6) is 0.0106. The van der Waals surface area contributed by atoms with Gasteiger partial charge in [-0.15, -0.1) is 11.6 Å². The molecule has 21 heavy (non-hydrogen) atoms. The third kappa shape index (κ3) is 4.70. The van der Waals surface area contributed by atoms with Crippen molar-refractivity contribution in [2.24, 2.45) is 0 Å². The van der Waals surface area contributed by atoms with Crippen molar-refractivity contribution < 1.29 is 9.53 Å². The standard InChI is InChI=1S/C16H23ClN2O2/c1-21-13-12-18-8-5-9-19(11-10-18)16(20)15(17)14-6-3-2-4-7-14/h2-4,6-7,15H,5,8-13H2,1H3. The number of methoxy groups -OCH3 is 1. The van der Waals surface area contributed by atoms with Gasteiger partial charge in [-0.3, -0.25) is 9.69 Å². The molecule has 0 aromatic heterocycles. The monoisotopic (exact) mass is 310 g/mol. The maximum Gasteiger partial charge on any atom is 0.245 e. The normalized spacial score (nSPS) is 18.3. The lowest BCUT2D eigenvalue weighted by Gasteiger charge is -2.24.